The third-order valence-corrected chi connectivity index (χ3v) is 5.29. The van der Waals surface area contributed by atoms with E-state index in [2.05, 4.69) is 5.32 Å². The molecule has 0 spiro atoms. The van der Waals surface area contributed by atoms with Crippen LogP contribution in [-0.2, 0) is 6.42 Å². The average Bonchev–Trinajstić information content (AvgIpc) is 3.04. The molecule has 5 nitrogen and oxygen atoms in total. The quantitative estimate of drug-likeness (QED) is 0.902. The molecule has 22 heavy (non-hydrogen) atoms. The minimum Gasteiger partial charge on any atom is -0.469 e. The maximum atomic E-state index is 12.5. The molecule has 5 heteroatoms. The number of carbonyl (C=O) groups excluding carboxylic acids is 1. The van der Waals surface area contributed by atoms with Crippen LogP contribution in [0.25, 0.3) is 0 Å². The van der Waals surface area contributed by atoms with Crippen molar-refractivity contribution in [2.24, 2.45) is 5.92 Å². The normalized spacial score (nSPS) is 28.0. The average molecular weight is 306 g/mol. The Balaban J connectivity index is 1.56. The number of aliphatic hydroxyl groups excluding tert-OH is 1. The maximum absolute atomic E-state index is 12.5. The highest BCUT2D eigenvalue weighted by molar-refractivity contribution is 5.75. The Labute approximate surface area is 131 Å². The van der Waals surface area contributed by atoms with Gasteiger partial charge in [0.25, 0.3) is 0 Å². The standard InChI is InChI=1S/C17H26N2O3/c1-19(13-7-5-12(11-20)6-8-13)17(21)18-15-3-2-4-16-14(15)9-10-22-16/h9-10,12-13,15,20H,2-8,11H2,1H3,(H,18,21). The molecule has 3 rings (SSSR count). The van der Waals surface area contributed by atoms with Gasteiger partial charge in [-0.2, -0.15) is 0 Å². The second-order valence-electron chi connectivity index (χ2n) is 6.66. The minimum atomic E-state index is 0.00602. The molecule has 122 valence electrons. The Hall–Kier alpha value is -1.49. The van der Waals surface area contributed by atoms with Crippen LogP contribution in [0.2, 0.25) is 0 Å². The highest BCUT2D eigenvalue weighted by Gasteiger charge is 2.29. The van der Waals surface area contributed by atoms with Crippen LogP contribution in [0.1, 0.15) is 55.9 Å². The Bertz CT molecular complexity index is 506. The van der Waals surface area contributed by atoms with Crippen LogP contribution in [-0.4, -0.2) is 35.7 Å². The number of rotatable bonds is 3. The molecule has 1 saturated carbocycles. The van der Waals surface area contributed by atoms with Crippen LogP contribution in [0, 0.1) is 5.92 Å². The zero-order valence-electron chi connectivity index (χ0n) is 13.3. The van der Waals surface area contributed by atoms with Crippen molar-refractivity contribution in [2.75, 3.05) is 13.7 Å². The lowest BCUT2D eigenvalue weighted by molar-refractivity contribution is 0.132. The second kappa shape index (κ2) is 6.73. The van der Waals surface area contributed by atoms with Crippen molar-refractivity contribution in [2.45, 2.75) is 57.0 Å². The number of nitrogens with zero attached hydrogens (tertiary/aromatic N) is 1. The monoisotopic (exact) mass is 306 g/mol. The van der Waals surface area contributed by atoms with Crippen molar-refractivity contribution in [3.8, 4) is 0 Å². The van der Waals surface area contributed by atoms with Crippen LogP contribution < -0.4 is 5.32 Å². The lowest BCUT2D eigenvalue weighted by atomic mass is 9.86. The Morgan fingerprint density at radius 3 is 2.86 bits per heavy atom. The van der Waals surface area contributed by atoms with Gasteiger partial charge in [0.15, 0.2) is 0 Å². The first-order valence-electron chi connectivity index (χ1n) is 8.39. The van der Waals surface area contributed by atoms with Crippen LogP contribution in [0.3, 0.4) is 0 Å². The van der Waals surface area contributed by atoms with E-state index in [0.717, 1.165) is 56.3 Å². The number of aliphatic hydroxyl groups is 1. The number of furan rings is 1. The lowest BCUT2D eigenvalue weighted by Gasteiger charge is -2.35. The molecule has 2 aliphatic rings. The predicted octanol–water partition coefficient (Wildman–Crippen LogP) is 2.85. The van der Waals surface area contributed by atoms with Crippen molar-refractivity contribution in [3.05, 3.63) is 23.7 Å². The molecule has 0 saturated heterocycles. The minimum absolute atomic E-state index is 0.00602. The number of urea groups is 1. The van der Waals surface area contributed by atoms with Gasteiger partial charge in [0, 0.05) is 31.7 Å². The van der Waals surface area contributed by atoms with Crippen molar-refractivity contribution < 1.29 is 14.3 Å². The van der Waals surface area contributed by atoms with E-state index in [9.17, 15) is 9.90 Å². The fourth-order valence-corrected chi connectivity index (χ4v) is 3.77. The summed E-state index contributed by atoms with van der Waals surface area (Å²) in [6.07, 6.45) is 8.70. The smallest absolute Gasteiger partial charge is 0.317 e. The van der Waals surface area contributed by atoms with Gasteiger partial charge in [-0.1, -0.05) is 0 Å². The van der Waals surface area contributed by atoms with E-state index in [0.29, 0.717) is 5.92 Å². The fraction of sp³-hybridized carbons (Fsp3) is 0.706. The van der Waals surface area contributed by atoms with Crippen molar-refractivity contribution in [1.29, 1.82) is 0 Å². The Morgan fingerprint density at radius 2 is 2.14 bits per heavy atom. The first kappa shape index (κ1) is 15.4. The molecule has 0 aliphatic heterocycles. The van der Waals surface area contributed by atoms with Crippen molar-refractivity contribution >= 4 is 6.03 Å². The topological polar surface area (TPSA) is 65.7 Å². The van der Waals surface area contributed by atoms with E-state index in [1.807, 2.05) is 18.0 Å². The first-order valence-corrected chi connectivity index (χ1v) is 8.39. The van der Waals surface area contributed by atoms with Gasteiger partial charge in [-0.05, 0) is 50.5 Å². The van der Waals surface area contributed by atoms with Gasteiger partial charge in [0.05, 0.1) is 12.3 Å². The summed E-state index contributed by atoms with van der Waals surface area (Å²) in [6.45, 7) is 0.272. The molecule has 1 aromatic heterocycles. The molecule has 2 aliphatic carbocycles. The lowest BCUT2D eigenvalue weighted by Crippen LogP contribution is -2.46. The maximum Gasteiger partial charge on any atom is 0.317 e. The summed E-state index contributed by atoms with van der Waals surface area (Å²) >= 11 is 0. The summed E-state index contributed by atoms with van der Waals surface area (Å²) in [4.78, 5) is 14.4. The van der Waals surface area contributed by atoms with Gasteiger partial charge >= 0.3 is 6.03 Å². The van der Waals surface area contributed by atoms with Gasteiger partial charge in [0.1, 0.15) is 5.76 Å². The van der Waals surface area contributed by atoms with Crippen LogP contribution >= 0.6 is 0 Å². The Morgan fingerprint density at radius 1 is 1.36 bits per heavy atom. The highest BCUT2D eigenvalue weighted by atomic mass is 16.3. The number of carbonyl (C=O) groups is 1. The molecule has 0 bridgehead atoms. The van der Waals surface area contributed by atoms with E-state index < -0.39 is 0 Å². The van der Waals surface area contributed by atoms with Gasteiger partial charge < -0.3 is 19.7 Å². The zero-order valence-corrected chi connectivity index (χ0v) is 13.3. The number of hydrogen-bond acceptors (Lipinski definition) is 3. The van der Waals surface area contributed by atoms with Gasteiger partial charge in [-0.25, -0.2) is 4.79 Å². The van der Waals surface area contributed by atoms with Gasteiger partial charge in [-0.3, -0.25) is 0 Å². The molecule has 1 heterocycles. The summed E-state index contributed by atoms with van der Waals surface area (Å²) < 4.78 is 5.48. The Kier molecular flexibility index (Phi) is 4.71. The van der Waals surface area contributed by atoms with Crippen LogP contribution in [0.4, 0.5) is 4.79 Å². The number of fused-ring (bicyclic) bond motifs is 1. The van der Waals surface area contributed by atoms with Crippen molar-refractivity contribution in [1.82, 2.24) is 10.2 Å². The molecular formula is C17H26N2O3. The molecule has 2 N–H and O–H groups in total. The summed E-state index contributed by atoms with van der Waals surface area (Å²) in [5, 5.41) is 12.4. The van der Waals surface area contributed by atoms with Crippen molar-refractivity contribution in [3.63, 3.8) is 0 Å². The molecule has 0 radical (unpaired) electrons. The predicted molar refractivity (Wildman–Crippen MR) is 83.5 cm³/mol. The van der Waals surface area contributed by atoms with Crippen LogP contribution in [0.15, 0.2) is 16.7 Å². The fourth-order valence-electron chi connectivity index (χ4n) is 3.77. The number of amides is 2. The SMILES string of the molecule is CN(C(=O)NC1CCCc2occc21)C1CCC(CO)CC1. The van der Waals surface area contributed by atoms with Gasteiger partial charge in [-0.15, -0.1) is 0 Å². The molecule has 0 aromatic carbocycles. The summed E-state index contributed by atoms with van der Waals surface area (Å²) in [5.41, 5.74) is 1.14. The van der Waals surface area contributed by atoms with E-state index in [1.165, 1.54) is 0 Å². The second-order valence-corrected chi connectivity index (χ2v) is 6.66. The zero-order chi connectivity index (χ0) is 15.5. The number of nitrogens with one attached hydrogen (secondary N) is 1. The van der Waals surface area contributed by atoms with E-state index in [1.54, 1.807) is 6.26 Å². The summed E-state index contributed by atoms with van der Waals surface area (Å²) in [6, 6.07) is 2.35. The van der Waals surface area contributed by atoms with Crippen LogP contribution in [0.5, 0.6) is 0 Å². The molecule has 1 aromatic rings. The van der Waals surface area contributed by atoms with E-state index in [-0.39, 0.29) is 24.7 Å². The third-order valence-electron chi connectivity index (χ3n) is 5.29. The molecule has 1 unspecified atom stereocenters. The molecule has 1 atom stereocenters. The number of hydrogen-bond donors (Lipinski definition) is 2. The summed E-state index contributed by atoms with van der Waals surface area (Å²) in [7, 11) is 1.89. The highest BCUT2D eigenvalue weighted by Crippen LogP contribution is 2.31. The molecule has 2 amide bonds. The van der Waals surface area contributed by atoms with E-state index >= 15 is 0 Å². The largest absolute Gasteiger partial charge is 0.469 e. The summed E-state index contributed by atoms with van der Waals surface area (Å²) in [5.74, 6) is 1.43. The molecular weight excluding hydrogens is 280 g/mol. The van der Waals surface area contributed by atoms with E-state index in [4.69, 9.17) is 4.42 Å². The third kappa shape index (κ3) is 3.14. The van der Waals surface area contributed by atoms with Gasteiger partial charge in [0.2, 0.25) is 0 Å². The number of aryl methyl sites for hydroxylation is 1. The molecule has 1 fully saturated rings. The first-order chi connectivity index (χ1) is 10.7.